The van der Waals surface area contributed by atoms with Crippen LogP contribution in [-0.4, -0.2) is 5.11 Å². The van der Waals surface area contributed by atoms with E-state index in [-0.39, 0.29) is 0 Å². The molecule has 0 aromatic heterocycles. The lowest BCUT2D eigenvalue weighted by atomic mass is 9.92. The van der Waals surface area contributed by atoms with Gasteiger partial charge in [0, 0.05) is 0 Å². The Labute approximate surface area is 86.8 Å². The van der Waals surface area contributed by atoms with Crippen molar-refractivity contribution in [2.75, 3.05) is 0 Å². The van der Waals surface area contributed by atoms with Crippen LogP contribution in [0.1, 0.15) is 50.2 Å². The van der Waals surface area contributed by atoms with Gasteiger partial charge < -0.3 is 5.11 Å². The average molecular weight is 192 g/mol. The molecule has 1 heteroatoms. The minimum absolute atomic E-state index is 0.422. The molecule has 1 N–H and O–H groups in total. The van der Waals surface area contributed by atoms with Crippen LogP contribution in [0.4, 0.5) is 0 Å². The Hall–Kier alpha value is -0.980. The summed E-state index contributed by atoms with van der Waals surface area (Å²) < 4.78 is 0. The van der Waals surface area contributed by atoms with Gasteiger partial charge in [0.1, 0.15) is 5.75 Å². The van der Waals surface area contributed by atoms with Gasteiger partial charge in [-0.25, -0.2) is 0 Å². The molecule has 0 aliphatic carbocycles. The molecule has 0 bridgehead atoms. The van der Waals surface area contributed by atoms with Crippen LogP contribution in [0.5, 0.6) is 5.75 Å². The predicted molar refractivity (Wildman–Crippen MR) is 60.8 cm³/mol. The minimum Gasteiger partial charge on any atom is -0.508 e. The molecular formula is C13H20O. The van der Waals surface area contributed by atoms with E-state index in [2.05, 4.69) is 19.9 Å². The molecule has 0 aliphatic rings. The van der Waals surface area contributed by atoms with Gasteiger partial charge in [0.25, 0.3) is 0 Å². The van der Waals surface area contributed by atoms with E-state index in [1.807, 2.05) is 13.0 Å². The summed E-state index contributed by atoms with van der Waals surface area (Å²) >= 11 is 0. The van der Waals surface area contributed by atoms with Crippen molar-refractivity contribution in [1.29, 1.82) is 0 Å². The van der Waals surface area contributed by atoms with Crippen LogP contribution in [0.2, 0.25) is 0 Å². The smallest absolute Gasteiger partial charge is 0.118 e. The van der Waals surface area contributed by atoms with Crippen LogP contribution in [0.3, 0.4) is 0 Å². The third-order valence-corrected chi connectivity index (χ3v) is 2.87. The number of phenols is 1. The molecule has 1 aromatic rings. The number of unbranched alkanes of at least 4 members (excludes halogenated alkanes) is 1. The molecule has 1 aromatic carbocycles. The first-order valence-corrected chi connectivity index (χ1v) is 5.45. The average Bonchev–Trinajstić information content (AvgIpc) is 2.18. The van der Waals surface area contributed by atoms with Crippen LogP contribution >= 0.6 is 0 Å². The maximum Gasteiger partial charge on any atom is 0.118 e. The van der Waals surface area contributed by atoms with Gasteiger partial charge in [-0.05, 0) is 36.5 Å². The Morgan fingerprint density at radius 1 is 1.36 bits per heavy atom. The SMILES string of the molecule is CCCCC(C)c1cccc(O)c1C. The van der Waals surface area contributed by atoms with Crippen molar-refractivity contribution in [3.8, 4) is 5.75 Å². The van der Waals surface area contributed by atoms with Crippen molar-refractivity contribution in [1.82, 2.24) is 0 Å². The van der Waals surface area contributed by atoms with Gasteiger partial charge in [-0.15, -0.1) is 0 Å². The van der Waals surface area contributed by atoms with E-state index in [9.17, 15) is 5.11 Å². The molecule has 1 unspecified atom stereocenters. The van der Waals surface area contributed by atoms with E-state index in [0.29, 0.717) is 11.7 Å². The maximum atomic E-state index is 9.57. The molecule has 0 fully saturated rings. The van der Waals surface area contributed by atoms with Crippen LogP contribution < -0.4 is 0 Å². The standard InChI is InChI=1S/C13H20O/c1-4-5-7-10(2)12-8-6-9-13(14)11(12)3/h6,8-10,14H,4-5,7H2,1-3H3. The van der Waals surface area contributed by atoms with Crippen molar-refractivity contribution in [3.63, 3.8) is 0 Å². The molecule has 0 aliphatic heterocycles. The third-order valence-electron chi connectivity index (χ3n) is 2.87. The van der Waals surface area contributed by atoms with Crippen LogP contribution in [0.15, 0.2) is 18.2 Å². The maximum absolute atomic E-state index is 9.57. The van der Waals surface area contributed by atoms with Crippen molar-refractivity contribution >= 4 is 0 Å². The zero-order valence-electron chi connectivity index (χ0n) is 9.38. The second-order valence-corrected chi connectivity index (χ2v) is 4.03. The number of hydrogen-bond acceptors (Lipinski definition) is 1. The second kappa shape index (κ2) is 5.04. The highest BCUT2D eigenvalue weighted by Crippen LogP contribution is 2.28. The summed E-state index contributed by atoms with van der Waals surface area (Å²) in [6, 6.07) is 5.81. The lowest BCUT2D eigenvalue weighted by Gasteiger charge is -2.14. The van der Waals surface area contributed by atoms with E-state index in [1.54, 1.807) is 6.07 Å². The van der Waals surface area contributed by atoms with Crippen LogP contribution in [0.25, 0.3) is 0 Å². The minimum atomic E-state index is 0.422. The van der Waals surface area contributed by atoms with E-state index in [0.717, 1.165) is 5.56 Å². The Morgan fingerprint density at radius 2 is 2.07 bits per heavy atom. The number of phenolic OH excluding ortho intramolecular Hbond substituents is 1. The summed E-state index contributed by atoms with van der Waals surface area (Å²) in [5.41, 5.74) is 2.33. The molecule has 0 heterocycles. The summed E-state index contributed by atoms with van der Waals surface area (Å²) in [6.07, 6.45) is 3.71. The zero-order valence-corrected chi connectivity index (χ0v) is 9.38. The van der Waals surface area contributed by atoms with Gasteiger partial charge in [-0.2, -0.15) is 0 Å². The molecule has 1 rings (SSSR count). The first kappa shape index (κ1) is 11.1. The largest absolute Gasteiger partial charge is 0.508 e. The van der Waals surface area contributed by atoms with Gasteiger partial charge in [-0.1, -0.05) is 38.8 Å². The van der Waals surface area contributed by atoms with Crippen molar-refractivity contribution < 1.29 is 5.11 Å². The third kappa shape index (κ3) is 2.50. The van der Waals surface area contributed by atoms with Crippen LogP contribution in [-0.2, 0) is 0 Å². The van der Waals surface area contributed by atoms with Gasteiger partial charge in [0.2, 0.25) is 0 Å². The summed E-state index contributed by atoms with van der Waals surface area (Å²) in [7, 11) is 0. The molecular weight excluding hydrogens is 172 g/mol. The second-order valence-electron chi connectivity index (χ2n) is 4.03. The zero-order chi connectivity index (χ0) is 10.6. The van der Waals surface area contributed by atoms with E-state index in [4.69, 9.17) is 0 Å². The first-order chi connectivity index (χ1) is 6.66. The van der Waals surface area contributed by atoms with Gasteiger partial charge in [0.15, 0.2) is 0 Å². The number of aromatic hydroxyl groups is 1. The monoisotopic (exact) mass is 192 g/mol. The Balaban J connectivity index is 2.79. The van der Waals surface area contributed by atoms with Gasteiger partial charge in [0.05, 0.1) is 0 Å². The topological polar surface area (TPSA) is 20.2 Å². The fraction of sp³-hybridized carbons (Fsp3) is 0.538. The van der Waals surface area contributed by atoms with E-state index < -0.39 is 0 Å². The summed E-state index contributed by atoms with van der Waals surface area (Å²) in [6.45, 7) is 6.44. The molecule has 0 spiro atoms. The highest BCUT2D eigenvalue weighted by molar-refractivity contribution is 5.39. The fourth-order valence-electron chi connectivity index (χ4n) is 1.84. The lowest BCUT2D eigenvalue weighted by molar-refractivity contribution is 0.468. The molecule has 0 amide bonds. The quantitative estimate of drug-likeness (QED) is 0.764. The summed E-state index contributed by atoms with van der Waals surface area (Å²) in [5, 5.41) is 9.57. The van der Waals surface area contributed by atoms with Gasteiger partial charge >= 0.3 is 0 Å². The van der Waals surface area contributed by atoms with Crippen molar-refractivity contribution in [2.45, 2.75) is 46.0 Å². The molecule has 0 radical (unpaired) electrons. The van der Waals surface area contributed by atoms with Gasteiger partial charge in [-0.3, -0.25) is 0 Å². The molecule has 0 saturated heterocycles. The molecule has 1 atom stereocenters. The fourth-order valence-corrected chi connectivity index (χ4v) is 1.84. The van der Waals surface area contributed by atoms with E-state index in [1.165, 1.54) is 24.8 Å². The molecule has 14 heavy (non-hydrogen) atoms. The number of benzene rings is 1. The Bertz CT molecular complexity index is 291. The molecule has 0 saturated carbocycles. The van der Waals surface area contributed by atoms with E-state index >= 15 is 0 Å². The van der Waals surface area contributed by atoms with Crippen LogP contribution in [0, 0.1) is 6.92 Å². The normalized spacial score (nSPS) is 12.8. The number of rotatable bonds is 4. The lowest BCUT2D eigenvalue weighted by Crippen LogP contribution is -1.96. The molecule has 78 valence electrons. The van der Waals surface area contributed by atoms with Crippen molar-refractivity contribution in [3.05, 3.63) is 29.3 Å². The Kier molecular flexibility index (Phi) is 3.99. The van der Waals surface area contributed by atoms with Crippen molar-refractivity contribution in [2.24, 2.45) is 0 Å². The summed E-state index contributed by atoms with van der Waals surface area (Å²) in [5.74, 6) is 0.980. The summed E-state index contributed by atoms with van der Waals surface area (Å²) in [4.78, 5) is 0. The predicted octanol–water partition coefficient (Wildman–Crippen LogP) is 3.99. The highest BCUT2D eigenvalue weighted by Gasteiger charge is 2.09. The number of hydrogen-bond donors (Lipinski definition) is 1. The Morgan fingerprint density at radius 3 is 2.71 bits per heavy atom. The first-order valence-electron chi connectivity index (χ1n) is 5.45. The highest BCUT2D eigenvalue weighted by atomic mass is 16.3. The molecule has 1 nitrogen and oxygen atoms in total.